The third-order valence-corrected chi connectivity index (χ3v) is 1.26. The maximum Gasteiger partial charge on any atom is 0.271 e. The van der Waals surface area contributed by atoms with E-state index < -0.39 is 0 Å². The van der Waals surface area contributed by atoms with Gasteiger partial charge in [-0.3, -0.25) is 0 Å². The molecule has 0 N–H and O–H groups in total. The molecule has 0 saturated carbocycles. The van der Waals surface area contributed by atoms with Crippen LogP contribution in [0.15, 0.2) is 0 Å². The van der Waals surface area contributed by atoms with E-state index in [9.17, 15) is 0 Å². The van der Waals surface area contributed by atoms with Crippen molar-refractivity contribution in [2.45, 2.75) is 33.1 Å². The van der Waals surface area contributed by atoms with Crippen molar-refractivity contribution in [3.05, 3.63) is 11.4 Å². The summed E-state index contributed by atoms with van der Waals surface area (Å²) in [7, 11) is 0. The maximum atomic E-state index is 6.76. The highest BCUT2D eigenvalue weighted by Gasteiger charge is 2.21. The van der Waals surface area contributed by atoms with Crippen LogP contribution in [0.2, 0.25) is 0 Å². The zero-order valence-electron chi connectivity index (χ0n) is 7.33. The zero-order chi connectivity index (χ0) is 8.69. The van der Waals surface area contributed by atoms with E-state index >= 15 is 0 Å². The van der Waals surface area contributed by atoms with Crippen LogP contribution >= 0.6 is 0 Å². The molecule has 0 spiro atoms. The highest BCUT2D eigenvalue weighted by atomic mass is 16.7. The standard InChI is InChI=1S/C8H15NO2/c1-5-10-8(11-6-2)7(3)9-4/h7-8H,5-6H2,1-3H3. The molecule has 0 amide bonds. The molecule has 3 nitrogen and oxygen atoms in total. The van der Waals surface area contributed by atoms with Gasteiger partial charge < -0.3 is 14.3 Å². The molecule has 1 unspecified atom stereocenters. The summed E-state index contributed by atoms with van der Waals surface area (Å²) in [6.07, 6.45) is -0.359. The van der Waals surface area contributed by atoms with Crippen LogP contribution in [0.1, 0.15) is 20.8 Å². The van der Waals surface area contributed by atoms with Gasteiger partial charge in [-0.1, -0.05) is 0 Å². The first kappa shape index (κ1) is 10.4. The van der Waals surface area contributed by atoms with Crippen LogP contribution in [-0.4, -0.2) is 25.5 Å². The molecule has 0 fully saturated rings. The van der Waals surface area contributed by atoms with Crippen molar-refractivity contribution in [3.8, 4) is 0 Å². The first-order valence-electron chi connectivity index (χ1n) is 3.86. The van der Waals surface area contributed by atoms with Crippen LogP contribution in [0.4, 0.5) is 0 Å². The molecule has 0 radical (unpaired) electrons. The largest absolute Gasteiger partial charge is 0.346 e. The summed E-state index contributed by atoms with van der Waals surface area (Å²) in [5.41, 5.74) is 0. The topological polar surface area (TPSA) is 22.8 Å². The Morgan fingerprint density at radius 2 is 1.73 bits per heavy atom. The number of hydrogen-bond donors (Lipinski definition) is 0. The molecule has 0 aliphatic rings. The second-order valence-corrected chi connectivity index (χ2v) is 2.15. The Morgan fingerprint density at radius 3 is 2.00 bits per heavy atom. The molecule has 1 atom stereocenters. The van der Waals surface area contributed by atoms with Crippen molar-refractivity contribution in [1.29, 1.82) is 0 Å². The Labute approximate surface area is 68.1 Å². The third kappa shape index (κ3) is 3.97. The van der Waals surface area contributed by atoms with Gasteiger partial charge in [-0.05, 0) is 13.8 Å². The lowest BCUT2D eigenvalue weighted by Crippen LogP contribution is -2.27. The first-order chi connectivity index (χ1) is 5.26. The fraction of sp³-hybridized carbons (Fsp3) is 0.875. The van der Waals surface area contributed by atoms with E-state index in [1.807, 2.05) is 13.8 Å². The average molecular weight is 157 g/mol. The number of nitrogens with zero attached hydrogens (tertiary/aromatic N) is 1. The predicted octanol–water partition coefficient (Wildman–Crippen LogP) is 1.69. The Balaban J connectivity index is 3.78. The minimum atomic E-state index is -0.359. The van der Waals surface area contributed by atoms with E-state index in [1.54, 1.807) is 6.92 Å². The van der Waals surface area contributed by atoms with Gasteiger partial charge in [-0.15, -0.1) is 0 Å². The van der Waals surface area contributed by atoms with Crippen LogP contribution < -0.4 is 0 Å². The van der Waals surface area contributed by atoms with Crippen LogP contribution in [-0.2, 0) is 9.47 Å². The lowest BCUT2D eigenvalue weighted by atomic mass is 10.3. The Morgan fingerprint density at radius 1 is 1.27 bits per heavy atom. The molecule has 0 bridgehead atoms. The molecule has 0 rings (SSSR count). The van der Waals surface area contributed by atoms with E-state index in [0.717, 1.165) is 0 Å². The van der Waals surface area contributed by atoms with Crippen LogP contribution in [0.3, 0.4) is 0 Å². The highest BCUT2D eigenvalue weighted by Crippen LogP contribution is 2.04. The van der Waals surface area contributed by atoms with Gasteiger partial charge in [0.15, 0.2) is 0 Å². The maximum absolute atomic E-state index is 6.76. The van der Waals surface area contributed by atoms with Gasteiger partial charge in [-0.25, -0.2) is 6.57 Å². The van der Waals surface area contributed by atoms with Crippen LogP contribution in [0.5, 0.6) is 0 Å². The monoisotopic (exact) mass is 157 g/mol. The molecule has 11 heavy (non-hydrogen) atoms. The summed E-state index contributed by atoms with van der Waals surface area (Å²) in [5.74, 6) is 0. The summed E-state index contributed by atoms with van der Waals surface area (Å²) in [5, 5.41) is 0. The van der Waals surface area contributed by atoms with Crippen molar-refractivity contribution in [2.75, 3.05) is 13.2 Å². The summed E-state index contributed by atoms with van der Waals surface area (Å²) >= 11 is 0. The molecule has 64 valence electrons. The van der Waals surface area contributed by atoms with Crippen molar-refractivity contribution in [1.82, 2.24) is 0 Å². The van der Waals surface area contributed by atoms with Crippen LogP contribution in [0, 0.1) is 6.57 Å². The Kier molecular flexibility index (Phi) is 5.81. The summed E-state index contributed by atoms with van der Waals surface area (Å²) < 4.78 is 10.4. The molecule has 0 heterocycles. The van der Waals surface area contributed by atoms with E-state index in [4.69, 9.17) is 16.0 Å². The van der Waals surface area contributed by atoms with Gasteiger partial charge in [-0.2, -0.15) is 0 Å². The van der Waals surface area contributed by atoms with Crippen molar-refractivity contribution >= 4 is 0 Å². The molecule has 0 aromatic rings. The Bertz CT molecular complexity index is 125. The lowest BCUT2D eigenvalue weighted by molar-refractivity contribution is -0.139. The first-order valence-corrected chi connectivity index (χ1v) is 3.86. The van der Waals surface area contributed by atoms with Gasteiger partial charge in [0.2, 0.25) is 6.29 Å². The van der Waals surface area contributed by atoms with Gasteiger partial charge in [0, 0.05) is 20.1 Å². The number of rotatable bonds is 5. The SMILES string of the molecule is [C-]#[N+]C(C)C(OCC)OCC. The second-order valence-electron chi connectivity index (χ2n) is 2.15. The smallest absolute Gasteiger partial charge is 0.271 e. The van der Waals surface area contributed by atoms with E-state index in [-0.39, 0.29) is 12.3 Å². The summed E-state index contributed by atoms with van der Waals surface area (Å²) in [4.78, 5) is 3.33. The molecule has 0 aromatic heterocycles. The lowest BCUT2D eigenvalue weighted by Gasteiger charge is -2.15. The fourth-order valence-corrected chi connectivity index (χ4v) is 0.716. The Hall–Kier alpha value is -0.590. The second kappa shape index (κ2) is 6.14. The number of hydrogen-bond acceptors (Lipinski definition) is 2. The summed E-state index contributed by atoms with van der Waals surface area (Å²) in [6, 6.07) is -0.213. The molecular formula is C8H15NO2. The molecule has 0 aliphatic carbocycles. The molecule has 3 heteroatoms. The van der Waals surface area contributed by atoms with Crippen molar-refractivity contribution in [2.24, 2.45) is 0 Å². The van der Waals surface area contributed by atoms with Crippen molar-refractivity contribution in [3.63, 3.8) is 0 Å². The predicted molar refractivity (Wildman–Crippen MR) is 43.1 cm³/mol. The fourth-order valence-electron chi connectivity index (χ4n) is 0.716. The van der Waals surface area contributed by atoms with Gasteiger partial charge in [0.05, 0.1) is 0 Å². The third-order valence-electron chi connectivity index (χ3n) is 1.26. The zero-order valence-corrected chi connectivity index (χ0v) is 7.33. The van der Waals surface area contributed by atoms with E-state index in [0.29, 0.717) is 13.2 Å². The molecule has 0 aromatic carbocycles. The summed E-state index contributed by atoms with van der Waals surface area (Å²) in [6.45, 7) is 13.5. The average Bonchev–Trinajstić information content (AvgIpc) is 2.03. The quantitative estimate of drug-likeness (QED) is 0.447. The van der Waals surface area contributed by atoms with Gasteiger partial charge in [0.1, 0.15) is 0 Å². The van der Waals surface area contributed by atoms with Crippen LogP contribution in [0.25, 0.3) is 4.85 Å². The van der Waals surface area contributed by atoms with E-state index in [1.165, 1.54) is 0 Å². The minimum Gasteiger partial charge on any atom is -0.346 e. The minimum absolute atomic E-state index is 0.213. The molecule has 0 saturated heterocycles. The van der Waals surface area contributed by atoms with E-state index in [2.05, 4.69) is 4.85 Å². The molecular weight excluding hydrogens is 142 g/mol. The van der Waals surface area contributed by atoms with Gasteiger partial charge >= 0.3 is 0 Å². The van der Waals surface area contributed by atoms with Crippen molar-refractivity contribution < 1.29 is 9.47 Å². The van der Waals surface area contributed by atoms with Gasteiger partial charge in [0.25, 0.3) is 6.04 Å². The highest BCUT2D eigenvalue weighted by molar-refractivity contribution is 4.76. The molecule has 0 aliphatic heterocycles. The number of ether oxygens (including phenoxy) is 2. The normalized spacial score (nSPS) is 13.0.